The van der Waals surface area contributed by atoms with E-state index in [0.717, 1.165) is 37.7 Å². The van der Waals surface area contributed by atoms with Gasteiger partial charge < -0.3 is 19.1 Å². The van der Waals surface area contributed by atoms with Crippen molar-refractivity contribution in [3.05, 3.63) is 48.5 Å². The first-order chi connectivity index (χ1) is 12.4. The largest absolute Gasteiger partial charge is 0.658 e. The van der Waals surface area contributed by atoms with Gasteiger partial charge >= 0.3 is 7.69 Å². The molecule has 5 heteroatoms. The predicted octanol–water partition coefficient (Wildman–Crippen LogP) is 3.88. The van der Waals surface area contributed by atoms with E-state index in [2.05, 4.69) is 34.1 Å². The normalized spacial score (nSPS) is 17.0. The second kappa shape index (κ2) is 7.73. The highest BCUT2D eigenvalue weighted by Crippen LogP contribution is 2.26. The summed E-state index contributed by atoms with van der Waals surface area (Å²) in [5.74, 6) is 1.61. The second-order valence-corrected chi connectivity index (χ2v) is 6.71. The van der Waals surface area contributed by atoms with Gasteiger partial charge in [0.15, 0.2) is 0 Å². The standard InChI is InChI=1S/C20H24BN2O2/c1-2-12-22(11-1)17-7-5-9-19(15-17)24-21-25-20-10-6-8-18(16-20)23-13-3-4-14-23/h5-10,15-16H,1-4,11-14H2. The summed E-state index contributed by atoms with van der Waals surface area (Å²) in [5, 5.41) is 0. The Labute approximate surface area is 150 Å². The summed E-state index contributed by atoms with van der Waals surface area (Å²) in [7, 11) is 1.42. The molecule has 4 rings (SSSR count). The molecule has 2 aliphatic heterocycles. The summed E-state index contributed by atoms with van der Waals surface area (Å²) in [5.41, 5.74) is 2.44. The minimum absolute atomic E-state index is 0.806. The summed E-state index contributed by atoms with van der Waals surface area (Å²) in [6, 6.07) is 16.4. The third kappa shape index (κ3) is 4.03. The van der Waals surface area contributed by atoms with Gasteiger partial charge in [0, 0.05) is 49.7 Å². The fraction of sp³-hybridized carbons (Fsp3) is 0.400. The van der Waals surface area contributed by atoms with Crippen molar-refractivity contribution < 1.29 is 9.31 Å². The molecule has 0 bridgehead atoms. The first-order valence-electron chi connectivity index (χ1n) is 9.23. The average Bonchev–Trinajstić information content (AvgIpc) is 3.36. The Hall–Kier alpha value is -2.30. The average molecular weight is 335 g/mol. The molecule has 2 aliphatic rings. The van der Waals surface area contributed by atoms with Crippen molar-refractivity contribution >= 4 is 19.1 Å². The molecule has 0 N–H and O–H groups in total. The molecule has 2 aromatic rings. The van der Waals surface area contributed by atoms with Crippen molar-refractivity contribution in [1.82, 2.24) is 0 Å². The predicted molar refractivity (Wildman–Crippen MR) is 103 cm³/mol. The highest BCUT2D eigenvalue weighted by Gasteiger charge is 2.14. The van der Waals surface area contributed by atoms with Crippen LogP contribution in [0, 0.1) is 0 Å². The Morgan fingerprint density at radius 3 is 1.52 bits per heavy atom. The van der Waals surface area contributed by atoms with E-state index in [0.29, 0.717) is 0 Å². The van der Waals surface area contributed by atoms with E-state index < -0.39 is 0 Å². The van der Waals surface area contributed by atoms with Gasteiger partial charge in [-0.15, -0.1) is 0 Å². The van der Waals surface area contributed by atoms with Crippen LogP contribution in [0.2, 0.25) is 0 Å². The number of hydrogen-bond donors (Lipinski definition) is 0. The summed E-state index contributed by atoms with van der Waals surface area (Å²) in [4.78, 5) is 4.79. The molecule has 2 fully saturated rings. The van der Waals surface area contributed by atoms with Crippen molar-refractivity contribution in [2.75, 3.05) is 36.0 Å². The number of anilines is 2. The third-order valence-electron chi connectivity index (χ3n) is 4.95. The lowest BCUT2D eigenvalue weighted by molar-refractivity contribution is 0.459. The van der Waals surface area contributed by atoms with Crippen molar-refractivity contribution in [1.29, 1.82) is 0 Å². The maximum absolute atomic E-state index is 5.69. The molecular weight excluding hydrogens is 311 g/mol. The van der Waals surface area contributed by atoms with E-state index in [1.807, 2.05) is 24.3 Å². The quantitative estimate of drug-likeness (QED) is 0.748. The van der Waals surface area contributed by atoms with Gasteiger partial charge in [-0.2, -0.15) is 0 Å². The second-order valence-electron chi connectivity index (χ2n) is 6.71. The van der Waals surface area contributed by atoms with Gasteiger partial charge in [0.25, 0.3) is 0 Å². The lowest BCUT2D eigenvalue weighted by atomic mass is 10.2. The van der Waals surface area contributed by atoms with Crippen LogP contribution >= 0.6 is 0 Å². The number of benzene rings is 2. The van der Waals surface area contributed by atoms with Gasteiger partial charge in [0.1, 0.15) is 11.5 Å². The first kappa shape index (κ1) is 16.2. The summed E-state index contributed by atoms with van der Waals surface area (Å²) < 4.78 is 11.4. The van der Waals surface area contributed by atoms with Gasteiger partial charge in [-0.3, -0.25) is 0 Å². The zero-order valence-corrected chi connectivity index (χ0v) is 14.6. The fourth-order valence-corrected chi connectivity index (χ4v) is 3.59. The number of nitrogens with zero attached hydrogens (tertiary/aromatic N) is 2. The van der Waals surface area contributed by atoms with Crippen LogP contribution in [0.3, 0.4) is 0 Å². The van der Waals surface area contributed by atoms with Crippen LogP contribution in [0.15, 0.2) is 48.5 Å². The minimum Gasteiger partial charge on any atom is -0.526 e. The Morgan fingerprint density at radius 2 is 1.08 bits per heavy atom. The first-order valence-corrected chi connectivity index (χ1v) is 9.23. The smallest absolute Gasteiger partial charge is 0.526 e. The zero-order chi connectivity index (χ0) is 16.9. The van der Waals surface area contributed by atoms with Gasteiger partial charge in [-0.25, -0.2) is 0 Å². The van der Waals surface area contributed by atoms with Crippen LogP contribution in [0.25, 0.3) is 0 Å². The molecule has 2 saturated heterocycles. The van der Waals surface area contributed by atoms with Crippen LogP contribution in [-0.2, 0) is 0 Å². The topological polar surface area (TPSA) is 24.9 Å². The lowest BCUT2D eigenvalue weighted by Crippen LogP contribution is -2.18. The minimum atomic E-state index is 0.806. The Balaban J connectivity index is 1.33. The van der Waals surface area contributed by atoms with Gasteiger partial charge in [0.2, 0.25) is 0 Å². The third-order valence-corrected chi connectivity index (χ3v) is 4.95. The van der Waals surface area contributed by atoms with Crippen LogP contribution in [0.4, 0.5) is 11.4 Å². The van der Waals surface area contributed by atoms with Crippen molar-refractivity contribution in [3.8, 4) is 11.5 Å². The molecular formula is C20H24BN2O2. The molecule has 0 unspecified atom stereocenters. The van der Waals surface area contributed by atoms with E-state index in [-0.39, 0.29) is 0 Å². The molecule has 0 saturated carbocycles. The maximum atomic E-state index is 5.69. The van der Waals surface area contributed by atoms with Crippen LogP contribution in [-0.4, -0.2) is 33.9 Å². The molecule has 0 spiro atoms. The van der Waals surface area contributed by atoms with E-state index in [1.165, 1.54) is 44.7 Å². The molecule has 129 valence electrons. The summed E-state index contributed by atoms with van der Waals surface area (Å²) in [6.07, 6.45) is 5.09. The van der Waals surface area contributed by atoms with Gasteiger partial charge in [0.05, 0.1) is 0 Å². The molecule has 4 nitrogen and oxygen atoms in total. The van der Waals surface area contributed by atoms with Crippen LogP contribution < -0.4 is 19.1 Å². The molecule has 0 aliphatic carbocycles. The summed E-state index contributed by atoms with van der Waals surface area (Å²) >= 11 is 0. The molecule has 2 aromatic carbocycles. The Bertz CT molecular complexity index is 638. The van der Waals surface area contributed by atoms with Crippen molar-refractivity contribution in [2.24, 2.45) is 0 Å². The number of hydrogen-bond acceptors (Lipinski definition) is 4. The molecule has 1 radical (unpaired) electrons. The molecule has 0 atom stereocenters. The van der Waals surface area contributed by atoms with E-state index in [4.69, 9.17) is 9.31 Å². The molecule has 2 heterocycles. The van der Waals surface area contributed by atoms with Crippen LogP contribution in [0.5, 0.6) is 11.5 Å². The monoisotopic (exact) mass is 335 g/mol. The molecule has 0 amide bonds. The molecule has 25 heavy (non-hydrogen) atoms. The Kier molecular flexibility index (Phi) is 5.00. The number of rotatable bonds is 6. The Morgan fingerprint density at radius 1 is 0.640 bits per heavy atom. The van der Waals surface area contributed by atoms with E-state index >= 15 is 0 Å². The van der Waals surface area contributed by atoms with Crippen molar-refractivity contribution in [3.63, 3.8) is 0 Å². The zero-order valence-electron chi connectivity index (χ0n) is 14.6. The lowest BCUT2D eigenvalue weighted by Gasteiger charge is -2.19. The van der Waals surface area contributed by atoms with E-state index in [1.54, 1.807) is 0 Å². The SMILES string of the molecule is [B](Oc1cccc(N2CCCC2)c1)Oc1cccc(N2CCCC2)c1. The van der Waals surface area contributed by atoms with Gasteiger partial charge in [-0.05, 0) is 49.9 Å². The van der Waals surface area contributed by atoms with Gasteiger partial charge in [-0.1, -0.05) is 12.1 Å². The fourth-order valence-electron chi connectivity index (χ4n) is 3.59. The highest BCUT2D eigenvalue weighted by molar-refractivity contribution is 6.20. The summed E-state index contributed by atoms with van der Waals surface area (Å²) in [6.45, 7) is 4.53. The van der Waals surface area contributed by atoms with Crippen molar-refractivity contribution in [2.45, 2.75) is 25.7 Å². The van der Waals surface area contributed by atoms with Crippen LogP contribution in [0.1, 0.15) is 25.7 Å². The van der Waals surface area contributed by atoms with E-state index in [9.17, 15) is 0 Å². The molecule has 0 aromatic heterocycles. The maximum Gasteiger partial charge on any atom is 0.658 e. The highest BCUT2D eigenvalue weighted by atomic mass is 16.6.